The zero-order valence-corrected chi connectivity index (χ0v) is 11.1. The maximum atomic E-state index is 12.5. The molecule has 0 bridgehead atoms. The van der Waals surface area contributed by atoms with Crippen LogP contribution in [0.1, 0.15) is 5.56 Å². The van der Waals surface area contributed by atoms with E-state index in [1.54, 1.807) is 37.3 Å². The third-order valence-corrected chi connectivity index (χ3v) is 4.74. The van der Waals surface area contributed by atoms with Crippen LogP contribution in [0.25, 0.3) is 11.0 Å². The van der Waals surface area contributed by atoms with Crippen LogP contribution >= 0.6 is 0 Å². The van der Waals surface area contributed by atoms with E-state index in [1.807, 2.05) is 18.2 Å². The Labute approximate surface area is 111 Å². The average molecular weight is 272 g/mol. The molecule has 0 aliphatic rings. The molecule has 0 atom stereocenters. The van der Waals surface area contributed by atoms with E-state index in [0.717, 1.165) is 5.52 Å². The fourth-order valence-electron chi connectivity index (χ4n) is 2.02. The number of imidazole rings is 1. The molecule has 1 heterocycles. The highest BCUT2D eigenvalue weighted by atomic mass is 32.2. The molecule has 19 heavy (non-hydrogen) atoms. The van der Waals surface area contributed by atoms with E-state index in [2.05, 4.69) is 9.97 Å². The van der Waals surface area contributed by atoms with Crippen LogP contribution in [0.4, 0.5) is 0 Å². The summed E-state index contributed by atoms with van der Waals surface area (Å²) in [5, 5.41) is -0.0111. The van der Waals surface area contributed by atoms with E-state index in [1.165, 1.54) is 0 Å². The number of aromatic nitrogens is 2. The number of fused-ring (bicyclic) bond motifs is 1. The summed E-state index contributed by atoms with van der Waals surface area (Å²) in [4.78, 5) is 7.31. The van der Waals surface area contributed by atoms with Gasteiger partial charge in [0.25, 0.3) is 0 Å². The van der Waals surface area contributed by atoms with Crippen LogP contribution in [0.5, 0.6) is 0 Å². The zero-order chi connectivity index (χ0) is 13.5. The van der Waals surface area contributed by atoms with Crippen molar-refractivity contribution in [2.24, 2.45) is 0 Å². The van der Waals surface area contributed by atoms with E-state index in [-0.39, 0.29) is 10.1 Å². The fourth-order valence-corrected chi connectivity index (χ4v) is 3.44. The molecule has 0 fully saturated rings. The van der Waals surface area contributed by atoms with Gasteiger partial charge in [0, 0.05) is 0 Å². The van der Waals surface area contributed by atoms with Gasteiger partial charge in [-0.3, -0.25) is 0 Å². The second kappa shape index (κ2) is 4.20. The molecule has 3 aromatic rings. The van der Waals surface area contributed by atoms with Crippen molar-refractivity contribution in [3.8, 4) is 0 Å². The molecule has 2 aromatic carbocycles. The van der Waals surface area contributed by atoms with Crippen molar-refractivity contribution >= 4 is 20.9 Å². The van der Waals surface area contributed by atoms with Gasteiger partial charge in [-0.1, -0.05) is 30.3 Å². The first-order chi connectivity index (χ1) is 9.09. The molecular formula is C14H12N2O2S. The van der Waals surface area contributed by atoms with E-state index < -0.39 is 9.84 Å². The second-order valence-corrected chi connectivity index (χ2v) is 6.16. The van der Waals surface area contributed by atoms with Crippen molar-refractivity contribution < 1.29 is 8.42 Å². The lowest BCUT2D eigenvalue weighted by Gasteiger charge is -2.04. The molecule has 0 amide bonds. The van der Waals surface area contributed by atoms with Crippen LogP contribution in [0.15, 0.2) is 58.6 Å². The number of hydrogen-bond acceptors (Lipinski definition) is 3. The number of nitrogens with zero attached hydrogens (tertiary/aromatic N) is 1. The molecule has 0 saturated carbocycles. The van der Waals surface area contributed by atoms with Gasteiger partial charge in [-0.25, -0.2) is 13.4 Å². The van der Waals surface area contributed by atoms with Crippen LogP contribution in [0, 0.1) is 6.92 Å². The molecule has 4 nitrogen and oxygen atoms in total. The fraction of sp³-hybridized carbons (Fsp3) is 0.0714. The Morgan fingerprint density at radius 3 is 2.42 bits per heavy atom. The van der Waals surface area contributed by atoms with Gasteiger partial charge >= 0.3 is 0 Å². The van der Waals surface area contributed by atoms with Gasteiger partial charge in [0.05, 0.1) is 15.9 Å². The lowest BCUT2D eigenvalue weighted by Crippen LogP contribution is -2.05. The minimum absolute atomic E-state index is 0.0111. The minimum atomic E-state index is -3.60. The van der Waals surface area contributed by atoms with E-state index in [9.17, 15) is 8.42 Å². The average Bonchev–Trinajstić information content (AvgIpc) is 2.83. The highest BCUT2D eigenvalue weighted by Crippen LogP contribution is 2.23. The van der Waals surface area contributed by atoms with Crippen molar-refractivity contribution in [1.82, 2.24) is 9.97 Å². The molecule has 1 N–H and O–H groups in total. The Morgan fingerprint density at radius 1 is 1.00 bits per heavy atom. The summed E-state index contributed by atoms with van der Waals surface area (Å²) in [5.74, 6) is 0. The number of rotatable bonds is 2. The smallest absolute Gasteiger partial charge is 0.240 e. The number of hydrogen-bond donors (Lipinski definition) is 1. The van der Waals surface area contributed by atoms with Gasteiger partial charge in [-0.15, -0.1) is 0 Å². The van der Waals surface area contributed by atoms with Gasteiger partial charge < -0.3 is 4.98 Å². The molecule has 0 spiro atoms. The Morgan fingerprint density at radius 2 is 1.68 bits per heavy atom. The highest BCUT2D eigenvalue weighted by Gasteiger charge is 2.23. The van der Waals surface area contributed by atoms with Crippen LogP contribution in [-0.2, 0) is 9.84 Å². The number of aromatic amines is 1. The van der Waals surface area contributed by atoms with E-state index >= 15 is 0 Å². The maximum Gasteiger partial charge on any atom is 0.240 e. The number of para-hydroxylation sites is 2. The SMILES string of the molecule is Cc1ccccc1S(=O)(=O)c1nc2ccccc2[nH]1. The predicted octanol–water partition coefficient (Wildman–Crippen LogP) is 2.70. The first-order valence-electron chi connectivity index (χ1n) is 5.84. The summed E-state index contributed by atoms with van der Waals surface area (Å²) in [5.41, 5.74) is 2.08. The third-order valence-electron chi connectivity index (χ3n) is 3.01. The lowest BCUT2D eigenvalue weighted by molar-refractivity contribution is 0.588. The number of sulfone groups is 1. The number of nitrogens with one attached hydrogen (secondary N) is 1. The number of aryl methyl sites for hydroxylation is 1. The zero-order valence-electron chi connectivity index (χ0n) is 10.3. The first-order valence-corrected chi connectivity index (χ1v) is 7.33. The molecule has 3 rings (SSSR count). The van der Waals surface area contributed by atoms with Crippen molar-refractivity contribution in [3.63, 3.8) is 0 Å². The molecule has 5 heteroatoms. The van der Waals surface area contributed by atoms with Crippen LogP contribution in [0.2, 0.25) is 0 Å². The molecule has 0 aliphatic carbocycles. The van der Waals surface area contributed by atoms with Gasteiger partial charge in [0.15, 0.2) is 0 Å². The summed E-state index contributed by atoms with van der Waals surface area (Å²) < 4.78 is 25.1. The third kappa shape index (κ3) is 1.92. The Hall–Kier alpha value is -2.14. The van der Waals surface area contributed by atoms with Crippen molar-refractivity contribution in [2.45, 2.75) is 17.0 Å². The maximum absolute atomic E-state index is 12.5. The highest BCUT2D eigenvalue weighted by molar-refractivity contribution is 7.91. The minimum Gasteiger partial charge on any atom is -0.328 e. The Bertz CT molecular complexity index is 818. The van der Waals surface area contributed by atoms with Crippen molar-refractivity contribution in [1.29, 1.82) is 0 Å². The monoisotopic (exact) mass is 272 g/mol. The first kappa shape index (κ1) is 11.9. The van der Waals surface area contributed by atoms with Gasteiger partial charge in [-0.2, -0.15) is 0 Å². The largest absolute Gasteiger partial charge is 0.328 e. The van der Waals surface area contributed by atoms with Crippen molar-refractivity contribution in [2.75, 3.05) is 0 Å². The van der Waals surface area contributed by atoms with Gasteiger partial charge in [0.2, 0.25) is 15.0 Å². The lowest BCUT2D eigenvalue weighted by atomic mass is 10.2. The normalized spacial score (nSPS) is 11.8. The molecule has 0 saturated heterocycles. The van der Waals surface area contributed by atoms with E-state index in [4.69, 9.17) is 0 Å². The topological polar surface area (TPSA) is 62.8 Å². The predicted molar refractivity (Wildman–Crippen MR) is 72.7 cm³/mol. The molecule has 1 aromatic heterocycles. The van der Waals surface area contributed by atoms with Crippen LogP contribution in [-0.4, -0.2) is 18.4 Å². The summed E-state index contributed by atoms with van der Waals surface area (Å²) in [6.45, 7) is 1.77. The van der Waals surface area contributed by atoms with E-state index in [0.29, 0.717) is 11.1 Å². The van der Waals surface area contributed by atoms with Gasteiger partial charge in [0.1, 0.15) is 0 Å². The quantitative estimate of drug-likeness (QED) is 0.780. The second-order valence-electron chi connectivity index (χ2n) is 4.33. The van der Waals surface area contributed by atoms with Gasteiger partial charge in [-0.05, 0) is 30.7 Å². The number of benzene rings is 2. The number of H-pyrrole nitrogens is 1. The Balaban J connectivity index is 2.23. The summed E-state index contributed by atoms with van der Waals surface area (Å²) in [7, 11) is -3.60. The summed E-state index contributed by atoms with van der Waals surface area (Å²) in [6, 6.07) is 14.1. The standard InChI is InChI=1S/C14H12N2O2S/c1-10-6-2-5-9-13(10)19(17,18)14-15-11-7-3-4-8-12(11)16-14/h2-9H,1H3,(H,15,16). The molecule has 0 aliphatic heterocycles. The molecular weight excluding hydrogens is 260 g/mol. The Kier molecular flexibility index (Phi) is 2.64. The summed E-state index contributed by atoms with van der Waals surface area (Å²) >= 11 is 0. The molecule has 96 valence electrons. The van der Waals surface area contributed by atoms with Crippen molar-refractivity contribution in [3.05, 3.63) is 54.1 Å². The van der Waals surface area contributed by atoms with Crippen LogP contribution < -0.4 is 0 Å². The molecule has 0 radical (unpaired) electrons. The van der Waals surface area contributed by atoms with Crippen LogP contribution in [0.3, 0.4) is 0 Å². The molecule has 0 unspecified atom stereocenters. The summed E-state index contributed by atoms with van der Waals surface area (Å²) in [6.07, 6.45) is 0.